The lowest BCUT2D eigenvalue weighted by molar-refractivity contribution is -0.167. The number of phenolic OH excluding ortho intramolecular Hbond substituents is 1. The van der Waals surface area contributed by atoms with E-state index in [4.69, 9.17) is 4.74 Å². The van der Waals surface area contributed by atoms with Crippen molar-refractivity contribution in [3.63, 3.8) is 0 Å². The molecule has 22 heavy (non-hydrogen) atoms. The van der Waals surface area contributed by atoms with Gasteiger partial charge in [0.25, 0.3) is 0 Å². The Morgan fingerprint density at radius 1 is 1.27 bits per heavy atom. The Morgan fingerprint density at radius 3 is 2.68 bits per heavy atom. The van der Waals surface area contributed by atoms with Crippen LogP contribution in [0.4, 0.5) is 0 Å². The summed E-state index contributed by atoms with van der Waals surface area (Å²) >= 11 is 0. The molecule has 0 radical (unpaired) electrons. The van der Waals surface area contributed by atoms with Gasteiger partial charge in [-0.05, 0) is 63.3 Å². The van der Waals surface area contributed by atoms with Gasteiger partial charge < -0.3 is 9.84 Å². The highest BCUT2D eigenvalue weighted by Gasteiger charge is 2.39. The maximum absolute atomic E-state index is 12.0. The largest absolute Gasteiger partial charge is 0.508 e. The number of fused-ring (bicyclic) bond motifs is 1. The number of likely N-dealkylation sites (tertiary alicyclic amines) is 1. The number of phenols is 1. The molecule has 4 heteroatoms. The first-order chi connectivity index (χ1) is 10.3. The second-order valence-electron chi connectivity index (χ2n) is 7.53. The fourth-order valence-electron chi connectivity index (χ4n) is 3.38. The van der Waals surface area contributed by atoms with E-state index < -0.39 is 5.60 Å². The smallest absolute Gasteiger partial charge is 0.312 e. The molecule has 0 saturated carbocycles. The third-order valence-corrected chi connectivity index (χ3v) is 4.56. The predicted molar refractivity (Wildman–Crippen MR) is 84.8 cm³/mol. The molecule has 1 aliphatic heterocycles. The summed E-state index contributed by atoms with van der Waals surface area (Å²) in [5, 5.41) is 9.55. The molecule has 0 bridgehead atoms. The van der Waals surface area contributed by atoms with Gasteiger partial charge in [-0.2, -0.15) is 0 Å². The molecule has 1 fully saturated rings. The molecule has 0 amide bonds. The molecule has 1 heterocycles. The highest BCUT2D eigenvalue weighted by Crippen LogP contribution is 2.31. The van der Waals surface area contributed by atoms with Crippen LogP contribution in [0.5, 0.6) is 5.75 Å². The summed E-state index contributed by atoms with van der Waals surface area (Å²) in [5.74, 6) is 0.316. The number of ether oxygens (including phenoxy) is 1. The molecule has 0 aromatic heterocycles. The first-order valence-electron chi connectivity index (χ1n) is 8.09. The third-order valence-electron chi connectivity index (χ3n) is 4.56. The Hall–Kier alpha value is -1.55. The number of rotatable bonds is 2. The monoisotopic (exact) mass is 303 g/mol. The number of aromatic hydroxyl groups is 1. The predicted octanol–water partition coefficient (Wildman–Crippen LogP) is 2.52. The van der Waals surface area contributed by atoms with Crippen LogP contribution in [0, 0.1) is 5.92 Å². The summed E-state index contributed by atoms with van der Waals surface area (Å²) in [4.78, 5) is 14.4. The number of esters is 1. The summed E-state index contributed by atoms with van der Waals surface area (Å²) in [5.41, 5.74) is 2.19. The molecule has 1 atom stereocenters. The van der Waals surface area contributed by atoms with Crippen molar-refractivity contribution in [3.8, 4) is 5.75 Å². The lowest BCUT2D eigenvalue weighted by Crippen LogP contribution is -2.57. The van der Waals surface area contributed by atoms with E-state index in [-0.39, 0.29) is 11.9 Å². The highest BCUT2D eigenvalue weighted by atomic mass is 16.6. The van der Waals surface area contributed by atoms with Crippen LogP contribution in [0.2, 0.25) is 0 Å². The first-order valence-corrected chi connectivity index (χ1v) is 8.09. The topological polar surface area (TPSA) is 49.8 Å². The molecule has 1 aliphatic carbocycles. The Balaban J connectivity index is 1.54. The van der Waals surface area contributed by atoms with Crippen molar-refractivity contribution < 1.29 is 14.6 Å². The van der Waals surface area contributed by atoms with Crippen molar-refractivity contribution in [3.05, 3.63) is 29.3 Å². The zero-order valence-electron chi connectivity index (χ0n) is 13.6. The van der Waals surface area contributed by atoms with Gasteiger partial charge in [-0.3, -0.25) is 9.69 Å². The van der Waals surface area contributed by atoms with Gasteiger partial charge in [0.2, 0.25) is 0 Å². The van der Waals surface area contributed by atoms with E-state index in [9.17, 15) is 9.90 Å². The molecule has 3 rings (SSSR count). The molecule has 0 spiro atoms. The van der Waals surface area contributed by atoms with E-state index in [0.29, 0.717) is 11.8 Å². The number of carbonyl (C=O) groups is 1. The van der Waals surface area contributed by atoms with Crippen LogP contribution in [-0.4, -0.2) is 40.7 Å². The van der Waals surface area contributed by atoms with Crippen LogP contribution >= 0.6 is 0 Å². The van der Waals surface area contributed by atoms with Crippen molar-refractivity contribution in [2.45, 2.75) is 51.7 Å². The van der Waals surface area contributed by atoms with Crippen LogP contribution < -0.4 is 0 Å². The van der Waals surface area contributed by atoms with E-state index >= 15 is 0 Å². The van der Waals surface area contributed by atoms with Gasteiger partial charge >= 0.3 is 5.97 Å². The molecular weight excluding hydrogens is 278 g/mol. The standard InChI is InChI=1S/C18H25NO3/c1-18(2,3)22-17(21)14-10-19(11-14)15-6-4-13-9-16(20)7-5-12(13)8-15/h5,7,9,14-15,20H,4,6,8,10-11H2,1-3H3. The van der Waals surface area contributed by atoms with Gasteiger partial charge in [-0.15, -0.1) is 0 Å². The molecule has 120 valence electrons. The number of hydrogen-bond acceptors (Lipinski definition) is 4. The van der Waals surface area contributed by atoms with Gasteiger partial charge in [0.05, 0.1) is 5.92 Å². The van der Waals surface area contributed by atoms with E-state index in [0.717, 1.165) is 32.4 Å². The van der Waals surface area contributed by atoms with Crippen molar-refractivity contribution in [2.24, 2.45) is 5.92 Å². The Morgan fingerprint density at radius 2 is 2.00 bits per heavy atom. The van der Waals surface area contributed by atoms with E-state index in [1.807, 2.05) is 32.9 Å². The molecule has 1 aromatic carbocycles. The van der Waals surface area contributed by atoms with Crippen LogP contribution in [0.3, 0.4) is 0 Å². The molecule has 4 nitrogen and oxygen atoms in total. The zero-order chi connectivity index (χ0) is 15.9. The van der Waals surface area contributed by atoms with E-state index in [2.05, 4.69) is 4.90 Å². The van der Waals surface area contributed by atoms with Gasteiger partial charge in [0.15, 0.2) is 0 Å². The summed E-state index contributed by atoms with van der Waals surface area (Å²) < 4.78 is 5.45. The van der Waals surface area contributed by atoms with Crippen LogP contribution in [-0.2, 0) is 22.4 Å². The zero-order valence-corrected chi connectivity index (χ0v) is 13.6. The normalized spacial score (nSPS) is 22.8. The fraction of sp³-hybridized carbons (Fsp3) is 0.611. The SMILES string of the molecule is CC(C)(C)OC(=O)C1CN(C2CCc3cc(O)ccc3C2)C1. The minimum absolute atomic E-state index is 0.0282. The Labute approximate surface area is 132 Å². The number of hydrogen-bond donors (Lipinski definition) is 1. The number of nitrogens with zero attached hydrogens (tertiary/aromatic N) is 1. The number of aryl methyl sites for hydroxylation is 1. The average molecular weight is 303 g/mol. The molecule has 1 aromatic rings. The van der Waals surface area contributed by atoms with Crippen molar-refractivity contribution in [1.29, 1.82) is 0 Å². The molecule has 1 unspecified atom stereocenters. The maximum atomic E-state index is 12.0. The highest BCUT2D eigenvalue weighted by molar-refractivity contribution is 5.74. The van der Waals surface area contributed by atoms with Crippen molar-refractivity contribution >= 4 is 5.97 Å². The first kappa shape index (κ1) is 15.3. The van der Waals surface area contributed by atoms with Crippen LogP contribution in [0.1, 0.15) is 38.3 Å². The quantitative estimate of drug-likeness (QED) is 0.853. The maximum Gasteiger partial charge on any atom is 0.312 e. The average Bonchev–Trinajstić information content (AvgIpc) is 2.35. The van der Waals surface area contributed by atoms with Crippen molar-refractivity contribution in [1.82, 2.24) is 4.90 Å². The van der Waals surface area contributed by atoms with E-state index in [1.54, 1.807) is 6.07 Å². The third kappa shape index (κ3) is 3.27. The summed E-state index contributed by atoms with van der Waals surface area (Å²) in [6.45, 7) is 7.36. The van der Waals surface area contributed by atoms with Crippen molar-refractivity contribution in [2.75, 3.05) is 13.1 Å². The fourth-order valence-corrected chi connectivity index (χ4v) is 3.38. The van der Waals surface area contributed by atoms with Crippen LogP contribution in [0.15, 0.2) is 18.2 Å². The molecule has 1 N–H and O–H groups in total. The van der Waals surface area contributed by atoms with Gasteiger partial charge in [0.1, 0.15) is 11.4 Å². The Kier molecular flexibility index (Phi) is 3.89. The lowest BCUT2D eigenvalue weighted by atomic mass is 9.84. The second-order valence-corrected chi connectivity index (χ2v) is 7.53. The molecule has 2 aliphatic rings. The molecular formula is C18H25NO3. The summed E-state index contributed by atoms with van der Waals surface area (Å²) in [7, 11) is 0. The van der Waals surface area contributed by atoms with Crippen LogP contribution in [0.25, 0.3) is 0 Å². The minimum atomic E-state index is -0.400. The summed E-state index contributed by atoms with van der Waals surface area (Å²) in [6.07, 6.45) is 3.11. The van der Waals surface area contributed by atoms with E-state index in [1.165, 1.54) is 11.1 Å². The van der Waals surface area contributed by atoms with Gasteiger partial charge in [-0.25, -0.2) is 0 Å². The number of carbonyl (C=O) groups excluding carboxylic acids is 1. The van der Waals surface area contributed by atoms with Gasteiger partial charge in [0, 0.05) is 19.1 Å². The second kappa shape index (κ2) is 5.58. The Bertz CT molecular complexity index is 570. The molecule has 1 saturated heterocycles. The lowest BCUT2D eigenvalue weighted by Gasteiger charge is -2.45. The summed E-state index contributed by atoms with van der Waals surface area (Å²) in [6, 6.07) is 6.18. The minimum Gasteiger partial charge on any atom is -0.508 e. The number of benzene rings is 1. The van der Waals surface area contributed by atoms with Gasteiger partial charge in [-0.1, -0.05) is 6.07 Å².